The van der Waals surface area contributed by atoms with Crippen molar-refractivity contribution in [1.82, 2.24) is 0 Å². The van der Waals surface area contributed by atoms with Crippen LogP contribution in [0.15, 0.2) is 24.3 Å². The standard InChI is InChI=1S/C12H16O4S/c1-2-10-3-5-11(6-4-10)9-17(15,16)8-7-12(13)14/h3-6H,2,7-9H2,1H3,(H,13,14). The first-order valence-corrected chi connectivity index (χ1v) is 7.25. The highest BCUT2D eigenvalue weighted by atomic mass is 32.2. The Morgan fingerprint density at radius 2 is 1.71 bits per heavy atom. The molecule has 0 bridgehead atoms. The maximum atomic E-state index is 11.6. The number of carbonyl (C=O) groups is 1. The third kappa shape index (κ3) is 4.99. The Labute approximate surface area is 101 Å². The summed E-state index contributed by atoms with van der Waals surface area (Å²) in [6, 6.07) is 7.33. The average molecular weight is 256 g/mol. The van der Waals surface area contributed by atoms with Crippen molar-refractivity contribution in [2.75, 3.05) is 5.75 Å². The Morgan fingerprint density at radius 1 is 1.18 bits per heavy atom. The van der Waals surface area contributed by atoms with Crippen molar-refractivity contribution >= 4 is 15.8 Å². The van der Waals surface area contributed by atoms with Crippen LogP contribution in [0.25, 0.3) is 0 Å². The molecule has 0 saturated carbocycles. The van der Waals surface area contributed by atoms with Gasteiger partial charge in [0.05, 0.1) is 17.9 Å². The fraction of sp³-hybridized carbons (Fsp3) is 0.417. The molecule has 0 atom stereocenters. The van der Waals surface area contributed by atoms with Crippen LogP contribution in [0.3, 0.4) is 0 Å². The molecular weight excluding hydrogens is 240 g/mol. The third-order valence-electron chi connectivity index (χ3n) is 2.44. The normalized spacial score (nSPS) is 11.4. The molecule has 1 N–H and O–H groups in total. The summed E-state index contributed by atoms with van der Waals surface area (Å²) >= 11 is 0. The van der Waals surface area contributed by atoms with Gasteiger partial charge in [-0.05, 0) is 17.5 Å². The van der Waals surface area contributed by atoms with Gasteiger partial charge in [0.15, 0.2) is 9.84 Å². The quantitative estimate of drug-likeness (QED) is 0.839. The minimum absolute atomic E-state index is 0.0930. The van der Waals surface area contributed by atoms with Gasteiger partial charge in [0.2, 0.25) is 0 Å². The predicted octanol–water partition coefficient (Wildman–Crippen LogP) is 1.64. The van der Waals surface area contributed by atoms with Crippen LogP contribution in [-0.4, -0.2) is 25.2 Å². The van der Waals surface area contributed by atoms with E-state index in [2.05, 4.69) is 0 Å². The second-order valence-electron chi connectivity index (χ2n) is 3.91. The van der Waals surface area contributed by atoms with Crippen molar-refractivity contribution in [1.29, 1.82) is 0 Å². The summed E-state index contributed by atoms with van der Waals surface area (Å²) in [6.07, 6.45) is 0.571. The second-order valence-corrected chi connectivity index (χ2v) is 6.09. The summed E-state index contributed by atoms with van der Waals surface area (Å²) in [4.78, 5) is 10.3. The van der Waals surface area contributed by atoms with E-state index < -0.39 is 15.8 Å². The van der Waals surface area contributed by atoms with Crippen molar-refractivity contribution < 1.29 is 18.3 Å². The minimum atomic E-state index is -3.33. The van der Waals surface area contributed by atoms with Crippen molar-refractivity contribution in [2.24, 2.45) is 0 Å². The SMILES string of the molecule is CCc1ccc(CS(=O)(=O)CCC(=O)O)cc1. The number of benzene rings is 1. The van der Waals surface area contributed by atoms with Gasteiger partial charge >= 0.3 is 5.97 Å². The van der Waals surface area contributed by atoms with E-state index in [0.29, 0.717) is 5.56 Å². The number of aryl methyl sites for hydroxylation is 1. The molecule has 0 fully saturated rings. The highest BCUT2D eigenvalue weighted by molar-refractivity contribution is 7.90. The van der Waals surface area contributed by atoms with E-state index in [9.17, 15) is 13.2 Å². The summed E-state index contributed by atoms with van der Waals surface area (Å²) in [7, 11) is -3.33. The fourth-order valence-electron chi connectivity index (χ4n) is 1.44. The zero-order valence-electron chi connectivity index (χ0n) is 9.72. The Morgan fingerprint density at radius 3 is 2.18 bits per heavy atom. The van der Waals surface area contributed by atoms with E-state index in [4.69, 9.17) is 5.11 Å². The van der Waals surface area contributed by atoms with Crippen molar-refractivity contribution in [2.45, 2.75) is 25.5 Å². The van der Waals surface area contributed by atoms with Gasteiger partial charge < -0.3 is 5.11 Å². The van der Waals surface area contributed by atoms with Crippen LogP contribution in [-0.2, 0) is 26.8 Å². The van der Waals surface area contributed by atoms with E-state index in [-0.39, 0.29) is 17.9 Å². The highest BCUT2D eigenvalue weighted by Crippen LogP contribution is 2.10. The fourth-order valence-corrected chi connectivity index (χ4v) is 2.77. The first-order chi connectivity index (χ1) is 7.93. The predicted molar refractivity (Wildman–Crippen MR) is 65.6 cm³/mol. The Balaban J connectivity index is 2.66. The molecule has 0 aliphatic rings. The van der Waals surface area contributed by atoms with Gasteiger partial charge in [-0.15, -0.1) is 0 Å². The van der Waals surface area contributed by atoms with Crippen LogP contribution in [0.5, 0.6) is 0 Å². The lowest BCUT2D eigenvalue weighted by atomic mass is 10.1. The van der Waals surface area contributed by atoms with Crippen molar-refractivity contribution in [3.05, 3.63) is 35.4 Å². The van der Waals surface area contributed by atoms with E-state index >= 15 is 0 Å². The van der Waals surface area contributed by atoms with Crippen LogP contribution in [0.1, 0.15) is 24.5 Å². The molecule has 0 unspecified atom stereocenters. The largest absolute Gasteiger partial charge is 0.481 e. The summed E-state index contributed by atoms with van der Waals surface area (Å²) in [6.45, 7) is 2.03. The van der Waals surface area contributed by atoms with E-state index in [1.807, 2.05) is 19.1 Å². The first-order valence-electron chi connectivity index (χ1n) is 5.43. The lowest BCUT2D eigenvalue weighted by Gasteiger charge is -2.04. The number of aliphatic carboxylic acids is 1. The topological polar surface area (TPSA) is 71.4 Å². The number of carboxylic acid groups (broad SMARTS) is 1. The van der Waals surface area contributed by atoms with E-state index in [1.54, 1.807) is 12.1 Å². The zero-order chi connectivity index (χ0) is 12.9. The molecule has 94 valence electrons. The summed E-state index contributed by atoms with van der Waals surface area (Å²) in [5.74, 6) is -1.49. The van der Waals surface area contributed by atoms with Gasteiger partial charge in [-0.3, -0.25) is 4.79 Å². The van der Waals surface area contributed by atoms with Crippen molar-refractivity contribution in [3.63, 3.8) is 0 Å². The van der Waals surface area contributed by atoms with Crippen LogP contribution < -0.4 is 0 Å². The third-order valence-corrected chi connectivity index (χ3v) is 4.04. The summed E-state index contributed by atoms with van der Waals surface area (Å²) < 4.78 is 23.2. The molecule has 1 aromatic rings. The molecular formula is C12H16O4S. The summed E-state index contributed by atoms with van der Waals surface area (Å²) in [5, 5.41) is 8.45. The van der Waals surface area contributed by atoms with Gasteiger partial charge in [0.25, 0.3) is 0 Å². The van der Waals surface area contributed by atoms with Crippen LogP contribution in [0, 0.1) is 0 Å². The molecule has 0 aliphatic heterocycles. The molecule has 0 aliphatic carbocycles. The second kappa shape index (κ2) is 5.82. The van der Waals surface area contributed by atoms with Gasteiger partial charge in [-0.25, -0.2) is 8.42 Å². The van der Waals surface area contributed by atoms with Crippen LogP contribution in [0.2, 0.25) is 0 Å². The molecule has 1 rings (SSSR count). The van der Waals surface area contributed by atoms with Crippen LogP contribution in [0.4, 0.5) is 0 Å². The van der Waals surface area contributed by atoms with Gasteiger partial charge in [0, 0.05) is 0 Å². The van der Waals surface area contributed by atoms with Gasteiger partial charge in [-0.2, -0.15) is 0 Å². The Kier molecular flexibility index (Phi) is 4.69. The number of hydrogen-bond acceptors (Lipinski definition) is 3. The van der Waals surface area contributed by atoms with Gasteiger partial charge in [-0.1, -0.05) is 31.2 Å². The van der Waals surface area contributed by atoms with Crippen molar-refractivity contribution in [3.8, 4) is 0 Å². The van der Waals surface area contributed by atoms with E-state index in [1.165, 1.54) is 0 Å². The molecule has 4 nitrogen and oxygen atoms in total. The highest BCUT2D eigenvalue weighted by Gasteiger charge is 2.13. The molecule has 5 heteroatoms. The average Bonchev–Trinajstić information content (AvgIpc) is 2.27. The maximum absolute atomic E-state index is 11.6. The van der Waals surface area contributed by atoms with Gasteiger partial charge in [0.1, 0.15) is 0 Å². The molecule has 0 aromatic heterocycles. The molecule has 0 spiro atoms. The number of hydrogen-bond donors (Lipinski definition) is 1. The number of sulfone groups is 1. The molecule has 1 aromatic carbocycles. The lowest BCUT2D eigenvalue weighted by Crippen LogP contribution is -2.12. The molecule has 0 heterocycles. The van der Waals surface area contributed by atoms with E-state index in [0.717, 1.165) is 12.0 Å². The minimum Gasteiger partial charge on any atom is -0.481 e. The Bertz CT molecular complexity index is 474. The first kappa shape index (κ1) is 13.7. The maximum Gasteiger partial charge on any atom is 0.304 e. The molecule has 0 amide bonds. The number of rotatable bonds is 6. The zero-order valence-corrected chi connectivity index (χ0v) is 10.5. The Hall–Kier alpha value is -1.36. The smallest absolute Gasteiger partial charge is 0.304 e. The molecule has 17 heavy (non-hydrogen) atoms. The molecule has 0 saturated heterocycles. The summed E-state index contributed by atoms with van der Waals surface area (Å²) in [5.41, 5.74) is 1.85. The lowest BCUT2D eigenvalue weighted by molar-refractivity contribution is -0.136. The monoisotopic (exact) mass is 256 g/mol. The van der Waals surface area contributed by atoms with Crippen LogP contribution >= 0.6 is 0 Å². The molecule has 0 radical (unpaired) electrons. The number of carboxylic acids is 1.